The van der Waals surface area contributed by atoms with Gasteiger partial charge in [0.1, 0.15) is 0 Å². The van der Waals surface area contributed by atoms with Gasteiger partial charge in [-0.15, -0.1) is 10.2 Å². The number of carbonyl (C=O) groups is 1. The molecule has 0 aliphatic carbocycles. The molecule has 1 fully saturated rings. The first-order valence-electron chi connectivity index (χ1n) is 11.0. The van der Waals surface area contributed by atoms with Gasteiger partial charge in [-0.1, -0.05) is 49.3 Å². The number of piperazine rings is 1. The molecule has 1 aliphatic heterocycles. The quantitative estimate of drug-likeness (QED) is 0.515. The molecule has 1 atom stereocenters. The molecule has 3 aromatic rings. The van der Waals surface area contributed by atoms with Crippen LogP contribution in [0.1, 0.15) is 48.0 Å². The van der Waals surface area contributed by atoms with E-state index in [0.29, 0.717) is 17.3 Å². The van der Waals surface area contributed by atoms with E-state index in [1.165, 1.54) is 22.3 Å². The molecule has 3 heterocycles. The molecule has 4 rings (SSSR count). The average Bonchev–Trinajstić information content (AvgIpc) is 3.40. The number of H-pyrrole nitrogens is 1. The van der Waals surface area contributed by atoms with Crippen LogP contribution < -0.4 is 4.90 Å². The molecule has 0 bridgehead atoms. The second kappa shape index (κ2) is 9.71. The van der Waals surface area contributed by atoms with Crippen LogP contribution in [0.5, 0.6) is 0 Å². The van der Waals surface area contributed by atoms with Gasteiger partial charge in [-0.05, 0) is 37.4 Å². The maximum absolute atomic E-state index is 13.0. The third kappa shape index (κ3) is 4.90. The van der Waals surface area contributed by atoms with E-state index in [-0.39, 0.29) is 5.78 Å². The van der Waals surface area contributed by atoms with Crippen LogP contribution >= 0.6 is 11.3 Å². The zero-order valence-corrected chi connectivity index (χ0v) is 18.7. The highest BCUT2D eigenvalue weighted by atomic mass is 32.1. The SMILES string of the molecule is CCCCC(CC(=O)c1nnc(N2CCN(C)CC2)s1)Cc1c[nH]c2ccccc12. The number of carbonyl (C=O) groups excluding carboxylic acids is 1. The molecule has 30 heavy (non-hydrogen) atoms. The van der Waals surface area contributed by atoms with Gasteiger partial charge in [0, 0.05) is 49.7 Å². The van der Waals surface area contributed by atoms with Gasteiger partial charge in [0.25, 0.3) is 0 Å². The van der Waals surface area contributed by atoms with E-state index in [4.69, 9.17) is 0 Å². The number of nitrogens with zero attached hydrogens (tertiary/aromatic N) is 4. The van der Waals surface area contributed by atoms with Gasteiger partial charge >= 0.3 is 0 Å². The lowest BCUT2D eigenvalue weighted by Crippen LogP contribution is -2.44. The molecule has 1 aromatic carbocycles. The fourth-order valence-electron chi connectivity index (χ4n) is 4.18. The number of aromatic amines is 1. The van der Waals surface area contributed by atoms with Crippen molar-refractivity contribution in [1.82, 2.24) is 20.1 Å². The Morgan fingerprint density at radius 2 is 2.00 bits per heavy atom. The van der Waals surface area contributed by atoms with Crippen LogP contribution in [-0.2, 0) is 6.42 Å². The highest BCUT2D eigenvalue weighted by molar-refractivity contribution is 7.17. The van der Waals surface area contributed by atoms with Crippen LogP contribution in [0.3, 0.4) is 0 Å². The second-order valence-corrected chi connectivity index (χ2v) is 9.34. The smallest absolute Gasteiger partial charge is 0.208 e. The number of ketones is 1. The molecule has 160 valence electrons. The van der Waals surface area contributed by atoms with Crippen LogP contribution in [0.2, 0.25) is 0 Å². The number of nitrogens with one attached hydrogen (secondary N) is 1. The van der Waals surface area contributed by atoms with Gasteiger partial charge < -0.3 is 14.8 Å². The number of likely N-dealkylation sites (N-methyl/N-ethyl adjacent to an activating group) is 1. The summed E-state index contributed by atoms with van der Waals surface area (Å²) in [5, 5.41) is 11.3. The average molecular weight is 426 g/mol. The highest BCUT2D eigenvalue weighted by Crippen LogP contribution is 2.28. The lowest BCUT2D eigenvalue weighted by Gasteiger charge is -2.31. The number of hydrogen-bond acceptors (Lipinski definition) is 6. The van der Waals surface area contributed by atoms with Gasteiger partial charge in [0.2, 0.25) is 5.13 Å². The molecular weight excluding hydrogens is 394 g/mol. The molecule has 6 nitrogen and oxygen atoms in total. The Bertz CT molecular complexity index is 973. The third-order valence-corrected chi connectivity index (χ3v) is 7.08. The number of hydrogen-bond donors (Lipinski definition) is 1. The summed E-state index contributed by atoms with van der Waals surface area (Å²) in [6.45, 7) is 6.13. The van der Waals surface area contributed by atoms with Gasteiger partial charge in [-0.2, -0.15) is 0 Å². The molecule has 0 amide bonds. The van der Waals surface area contributed by atoms with Gasteiger partial charge in [0.05, 0.1) is 0 Å². The van der Waals surface area contributed by atoms with E-state index in [1.807, 2.05) is 6.07 Å². The number of aromatic nitrogens is 3. The zero-order chi connectivity index (χ0) is 20.9. The predicted octanol–water partition coefficient (Wildman–Crippen LogP) is 4.39. The van der Waals surface area contributed by atoms with Gasteiger partial charge in [-0.3, -0.25) is 4.79 Å². The largest absolute Gasteiger partial charge is 0.361 e. The second-order valence-electron chi connectivity index (χ2n) is 8.38. The highest BCUT2D eigenvalue weighted by Gasteiger charge is 2.23. The van der Waals surface area contributed by atoms with Crippen LogP contribution in [0.25, 0.3) is 10.9 Å². The van der Waals surface area contributed by atoms with E-state index in [9.17, 15) is 4.79 Å². The molecule has 1 unspecified atom stereocenters. The van der Waals surface area contributed by atoms with Crippen molar-refractivity contribution in [3.8, 4) is 0 Å². The normalized spacial score (nSPS) is 16.3. The van der Waals surface area contributed by atoms with Crippen molar-refractivity contribution >= 4 is 33.2 Å². The summed E-state index contributed by atoms with van der Waals surface area (Å²) in [5.41, 5.74) is 2.46. The first-order valence-corrected chi connectivity index (χ1v) is 11.8. The molecule has 0 spiro atoms. The minimum atomic E-state index is 0.133. The van der Waals surface area contributed by atoms with Crippen LogP contribution in [0.15, 0.2) is 30.5 Å². The number of rotatable bonds is 9. The lowest BCUT2D eigenvalue weighted by atomic mass is 9.89. The summed E-state index contributed by atoms with van der Waals surface area (Å²) < 4.78 is 0. The molecule has 0 radical (unpaired) electrons. The summed E-state index contributed by atoms with van der Waals surface area (Å²) in [4.78, 5) is 21.0. The van der Waals surface area contributed by atoms with Crippen LogP contribution in [0, 0.1) is 5.92 Å². The number of fused-ring (bicyclic) bond motifs is 1. The van der Waals surface area contributed by atoms with Crippen molar-refractivity contribution < 1.29 is 4.79 Å². The Morgan fingerprint density at radius 3 is 2.80 bits per heavy atom. The van der Waals surface area contributed by atoms with Crippen molar-refractivity contribution in [3.05, 3.63) is 41.0 Å². The Labute approximate surface area is 182 Å². The van der Waals surface area contributed by atoms with E-state index in [0.717, 1.165) is 62.5 Å². The fourth-order valence-corrected chi connectivity index (χ4v) is 5.03. The Morgan fingerprint density at radius 1 is 1.20 bits per heavy atom. The Balaban J connectivity index is 1.43. The molecule has 2 aromatic heterocycles. The molecule has 0 saturated carbocycles. The van der Waals surface area contributed by atoms with E-state index in [1.54, 1.807) is 0 Å². The molecule has 1 saturated heterocycles. The number of Topliss-reactive ketones (excluding diaryl/α,β-unsaturated/α-hetero) is 1. The number of unbranched alkanes of at least 4 members (excludes halogenated alkanes) is 1. The fraction of sp³-hybridized carbons (Fsp3) is 0.522. The van der Waals surface area contributed by atoms with Crippen molar-refractivity contribution in [1.29, 1.82) is 0 Å². The van der Waals surface area contributed by atoms with Crippen molar-refractivity contribution in [2.45, 2.75) is 39.0 Å². The molecule has 1 aliphatic rings. The summed E-state index contributed by atoms with van der Waals surface area (Å²) >= 11 is 1.45. The summed E-state index contributed by atoms with van der Waals surface area (Å²) in [5.74, 6) is 0.460. The molecule has 1 N–H and O–H groups in total. The van der Waals surface area contributed by atoms with E-state index in [2.05, 4.69) is 63.3 Å². The summed E-state index contributed by atoms with van der Waals surface area (Å²) in [6.07, 6.45) is 6.90. The van der Waals surface area contributed by atoms with Crippen molar-refractivity contribution in [2.75, 3.05) is 38.1 Å². The van der Waals surface area contributed by atoms with E-state index < -0.39 is 0 Å². The number of para-hydroxylation sites is 1. The first kappa shape index (κ1) is 21.0. The van der Waals surface area contributed by atoms with E-state index >= 15 is 0 Å². The third-order valence-electron chi connectivity index (χ3n) is 6.05. The predicted molar refractivity (Wildman–Crippen MR) is 124 cm³/mol. The summed E-state index contributed by atoms with van der Waals surface area (Å²) in [6, 6.07) is 8.39. The number of benzene rings is 1. The van der Waals surface area contributed by atoms with Crippen LogP contribution in [0.4, 0.5) is 5.13 Å². The zero-order valence-electron chi connectivity index (χ0n) is 17.9. The van der Waals surface area contributed by atoms with Gasteiger partial charge in [-0.25, -0.2) is 0 Å². The summed E-state index contributed by atoms with van der Waals surface area (Å²) in [7, 11) is 2.14. The number of anilines is 1. The van der Waals surface area contributed by atoms with Crippen molar-refractivity contribution in [3.63, 3.8) is 0 Å². The van der Waals surface area contributed by atoms with Crippen LogP contribution in [-0.4, -0.2) is 59.1 Å². The first-order chi connectivity index (χ1) is 14.6. The van der Waals surface area contributed by atoms with Gasteiger partial charge in [0.15, 0.2) is 10.8 Å². The minimum absolute atomic E-state index is 0.133. The topological polar surface area (TPSA) is 65.1 Å². The Hall–Kier alpha value is -2.25. The lowest BCUT2D eigenvalue weighted by molar-refractivity contribution is 0.0957. The Kier molecular flexibility index (Phi) is 6.79. The molecular formula is C23H31N5OS. The minimum Gasteiger partial charge on any atom is -0.361 e. The van der Waals surface area contributed by atoms with Crippen molar-refractivity contribution in [2.24, 2.45) is 5.92 Å². The standard InChI is InChI=1S/C23H31N5OS/c1-3-4-7-17(14-18-16-24-20-9-6-5-8-19(18)20)15-21(29)22-25-26-23(30-22)28-12-10-27(2)11-13-28/h5-6,8-9,16-17,24H,3-4,7,10-15H2,1-2H3. The maximum Gasteiger partial charge on any atom is 0.208 e. The maximum atomic E-state index is 13.0. The monoisotopic (exact) mass is 425 g/mol. The molecule has 7 heteroatoms.